The quantitative estimate of drug-likeness (QED) is 0.381. The van der Waals surface area contributed by atoms with Gasteiger partial charge in [-0.15, -0.1) is 0 Å². The maximum absolute atomic E-state index is 2.39. The molecule has 0 aliphatic heterocycles. The Morgan fingerprint density at radius 3 is 1.76 bits per heavy atom. The smallest absolute Gasteiger partial charge is 0.0150 e. The van der Waals surface area contributed by atoms with E-state index >= 15 is 0 Å². The van der Waals surface area contributed by atoms with Gasteiger partial charge in [-0.25, -0.2) is 0 Å². The van der Waals surface area contributed by atoms with Gasteiger partial charge in [0.05, 0.1) is 0 Å². The summed E-state index contributed by atoms with van der Waals surface area (Å²) in [7, 11) is 0. The zero-order valence-corrected chi connectivity index (χ0v) is 19.1. The topological polar surface area (TPSA) is 0 Å². The molecule has 158 valence electrons. The highest BCUT2D eigenvalue weighted by molar-refractivity contribution is 5.29. The third-order valence-electron chi connectivity index (χ3n) is 7.16. The molecule has 0 amide bonds. The monoisotopic (exact) mass is 390 g/mol. The number of hydrogen-bond acceptors (Lipinski definition) is 0. The van der Waals surface area contributed by atoms with Crippen LogP contribution in [-0.2, 0) is 19.3 Å². The van der Waals surface area contributed by atoms with Crippen molar-refractivity contribution in [2.45, 2.75) is 97.3 Å². The van der Waals surface area contributed by atoms with E-state index in [1.165, 1.54) is 86.5 Å². The van der Waals surface area contributed by atoms with Crippen LogP contribution >= 0.6 is 0 Å². The van der Waals surface area contributed by atoms with Crippen molar-refractivity contribution < 1.29 is 0 Å². The van der Waals surface area contributed by atoms with Crippen molar-refractivity contribution in [2.75, 3.05) is 0 Å². The van der Waals surface area contributed by atoms with Crippen LogP contribution in [-0.4, -0.2) is 0 Å². The maximum Gasteiger partial charge on any atom is -0.0150 e. The van der Waals surface area contributed by atoms with Crippen LogP contribution in [0.5, 0.6) is 0 Å². The van der Waals surface area contributed by atoms with Crippen LogP contribution in [0.3, 0.4) is 0 Å². The minimum atomic E-state index is 0.579. The third-order valence-corrected chi connectivity index (χ3v) is 7.16. The zero-order chi connectivity index (χ0) is 20.5. The lowest BCUT2D eigenvalue weighted by atomic mass is 9.78. The van der Waals surface area contributed by atoms with E-state index in [9.17, 15) is 0 Å². The molecular formula is C29H42. The van der Waals surface area contributed by atoms with Gasteiger partial charge >= 0.3 is 0 Å². The molecule has 0 aromatic heterocycles. The first kappa shape index (κ1) is 22.1. The van der Waals surface area contributed by atoms with Gasteiger partial charge in [0.25, 0.3) is 0 Å². The summed E-state index contributed by atoms with van der Waals surface area (Å²) in [5, 5.41) is 0. The Balaban J connectivity index is 1.44. The summed E-state index contributed by atoms with van der Waals surface area (Å²) in [5.41, 5.74) is 5.93. The van der Waals surface area contributed by atoms with Gasteiger partial charge in [0.1, 0.15) is 0 Å². The first-order chi connectivity index (χ1) is 14.2. The Hall–Kier alpha value is -1.56. The molecule has 29 heavy (non-hydrogen) atoms. The molecule has 2 aromatic rings. The van der Waals surface area contributed by atoms with Gasteiger partial charge in [0, 0.05) is 0 Å². The van der Waals surface area contributed by atoms with Crippen molar-refractivity contribution in [1.29, 1.82) is 0 Å². The SMILES string of the molecule is CCCc1ccc(C[C@@H](C)c2ccc(CCC3CCC(CCC)CC3)cc2)cc1. The van der Waals surface area contributed by atoms with Gasteiger partial charge in [-0.2, -0.15) is 0 Å². The van der Waals surface area contributed by atoms with Crippen molar-refractivity contribution in [2.24, 2.45) is 11.8 Å². The fourth-order valence-electron chi connectivity index (χ4n) is 5.20. The van der Waals surface area contributed by atoms with Gasteiger partial charge in [-0.3, -0.25) is 0 Å². The Labute approximate surface area is 180 Å². The number of aryl methyl sites for hydroxylation is 2. The van der Waals surface area contributed by atoms with Crippen molar-refractivity contribution in [3.8, 4) is 0 Å². The molecule has 0 saturated heterocycles. The number of benzene rings is 2. The minimum Gasteiger partial charge on any atom is -0.0654 e. The summed E-state index contributed by atoms with van der Waals surface area (Å²) in [5.74, 6) is 2.58. The molecule has 0 heterocycles. The highest BCUT2D eigenvalue weighted by atomic mass is 14.3. The highest BCUT2D eigenvalue weighted by Crippen LogP contribution is 2.34. The lowest BCUT2D eigenvalue weighted by Gasteiger charge is -2.28. The second-order valence-electron chi connectivity index (χ2n) is 9.63. The van der Waals surface area contributed by atoms with Gasteiger partial charge < -0.3 is 0 Å². The number of hydrogen-bond donors (Lipinski definition) is 0. The molecule has 0 N–H and O–H groups in total. The van der Waals surface area contributed by atoms with E-state index in [4.69, 9.17) is 0 Å². The van der Waals surface area contributed by atoms with E-state index in [1.807, 2.05) is 0 Å². The highest BCUT2D eigenvalue weighted by Gasteiger charge is 2.20. The van der Waals surface area contributed by atoms with Gasteiger partial charge in [0.15, 0.2) is 0 Å². The summed E-state index contributed by atoms with van der Waals surface area (Å²) in [6, 6.07) is 18.8. The summed E-state index contributed by atoms with van der Waals surface area (Å²) in [6.45, 7) is 6.95. The average Bonchev–Trinajstić information content (AvgIpc) is 2.75. The summed E-state index contributed by atoms with van der Waals surface area (Å²) in [6.07, 6.45) is 14.9. The molecule has 0 radical (unpaired) electrons. The summed E-state index contributed by atoms with van der Waals surface area (Å²) in [4.78, 5) is 0. The van der Waals surface area contributed by atoms with Crippen LogP contribution in [0, 0.1) is 11.8 Å². The molecule has 1 fully saturated rings. The van der Waals surface area contributed by atoms with Crippen LogP contribution < -0.4 is 0 Å². The van der Waals surface area contributed by atoms with Gasteiger partial charge in [-0.05, 0) is 65.7 Å². The van der Waals surface area contributed by atoms with Crippen molar-refractivity contribution in [3.05, 3.63) is 70.8 Å². The van der Waals surface area contributed by atoms with Crippen LogP contribution in [0.25, 0.3) is 0 Å². The van der Waals surface area contributed by atoms with E-state index in [-0.39, 0.29) is 0 Å². The molecule has 0 unspecified atom stereocenters. The standard InChI is InChI=1S/C29H42/c1-4-6-24-8-10-26(11-9-24)12-13-27-18-20-29(21-19-27)23(3)22-28-16-14-25(7-5-2)15-17-28/h14-21,23-24,26H,4-13,22H2,1-3H3/t23-,24?,26?/m1/s1. The predicted octanol–water partition coefficient (Wildman–Crippen LogP) is 8.52. The average molecular weight is 391 g/mol. The second kappa shape index (κ2) is 11.6. The summed E-state index contributed by atoms with van der Waals surface area (Å²) < 4.78 is 0. The molecule has 1 aliphatic rings. The van der Waals surface area contributed by atoms with E-state index in [1.54, 1.807) is 0 Å². The molecule has 1 saturated carbocycles. The van der Waals surface area contributed by atoms with Crippen LogP contribution in [0.15, 0.2) is 48.5 Å². The third kappa shape index (κ3) is 7.02. The van der Waals surface area contributed by atoms with E-state index in [0.717, 1.165) is 18.3 Å². The molecule has 0 bridgehead atoms. The van der Waals surface area contributed by atoms with Crippen LogP contribution in [0.2, 0.25) is 0 Å². The lowest BCUT2D eigenvalue weighted by Crippen LogP contribution is -2.15. The fourth-order valence-corrected chi connectivity index (χ4v) is 5.20. The van der Waals surface area contributed by atoms with Gasteiger partial charge in [-0.1, -0.05) is 114 Å². The fraction of sp³-hybridized carbons (Fsp3) is 0.586. The number of rotatable bonds is 10. The maximum atomic E-state index is 2.39. The Bertz CT molecular complexity index is 686. The molecular weight excluding hydrogens is 348 g/mol. The molecule has 0 spiro atoms. The Morgan fingerprint density at radius 2 is 1.17 bits per heavy atom. The molecule has 0 nitrogen and oxygen atoms in total. The zero-order valence-electron chi connectivity index (χ0n) is 19.1. The first-order valence-electron chi connectivity index (χ1n) is 12.3. The van der Waals surface area contributed by atoms with Crippen molar-refractivity contribution >= 4 is 0 Å². The molecule has 1 aliphatic carbocycles. The van der Waals surface area contributed by atoms with Crippen molar-refractivity contribution in [3.63, 3.8) is 0 Å². The largest absolute Gasteiger partial charge is 0.0654 e. The van der Waals surface area contributed by atoms with E-state index in [0.29, 0.717) is 5.92 Å². The van der Waals surface area contributed by atoms with Gasteiger partial charge in [0.2, 0.25) is 0 Å². The van der Waals surface area contributed by atoms with E-state index in [2.05, 4.69) is 69.3 Å². The predicted molar refractivity (Wildman–Crippen MR) is 128 cm³/mol. The van der Waals surface area contributed by atoms with Crippen LogP contribution in [0.1, 0.15) is 100 Å². The molecule has 3 rings (SSSR count). The molecule has 0 heteroatoms. The lowest BCUT2D eigenvalue weighted by molar-refractivity contribution is 0.252. The molecule has 2 aromatic carbocycles. The first-order valence-corrected chi connectivity index (χ1v) is 12.3. The normalized spacial score (nSPS) is 20.5. The van der Waals surface area contributed by atoms with Crippen LogP contribution in [0.4, 0.5) is 0 Å². The molecule has 1 atom stereocenters. The van der Waals surface area contributed by atoms with Crippen molar-refractivity contribution in [1.82, 2.24) is 0 Å². The second-order valence-corrected chi connectivity index (χ2v) is 9.63. The summed E-state index contributed by atoms with van der Waals surface area (Å²) >= 11 is 0. The Kier molecular flexibility index (Phi) is 8.84. The Morgan fingerprint density at radius 1 is 0.655 bits per heavy atom. The van der Waals surface area contributed by atoms with E-state index < -0.39 is 0 Å². The minimum absolute atomic E-state index is 0.579.